The highest BCUT2D eigenvalue weighted by molar-refractivity contribution is 6.31. The Morgan fingerprint density at radius 1 is 1.15 bits per heavy atom. The van der Waals surface area contributed by atoms with Gasteiger partial charge in [-0.05, 0) is 36.8 Å². The van der Waals surface area contributed by atoms with Gasteiger partial charge < -0.3 is 10.2 Å². The van der Waals surface area contributed by atoms with E-state index in [9.17, 15) is 9.18 Å². The van der Waals surface area contributed by atoms with Crippen LogP contribution < -0.4 is 10.2 Å². The lowest BCUT2D eigenvalue weighted by atomic mass is 10.2. The van der Waals surface area contributed by atoms with Crippen molar-refractivity contribution in [1.29, 1.82) is 0 Å². The molecule has 1 saturated heterocycles. The van der Waals surface area contributed by atoms with Crippen molar-refractivity contribution in [2.75, 3.05) is 42.9 Å². The Bertz CT molecular complexity index is 775. The lowest BCUT2D eigenvalue weighted by Crippen LogP contribution is -2.47. The van der Waals surface area contributed by atoms with Gasteiger partial charge in [-0.1, -0.05) is 29.8 Å². The summed E-state index contributed by atoms with van der Waals surface area (Å²) in [5.74, 6) is -0.205. The van der Waals surface area contributed by atoms with Crippen LogP contribution in [0.1, 0.15) is 12.0 Å². The van der Waals surface area contributed by atoms with Crippen molar-refractivity contribution in [3.05, 3.63) is 58.9 Å². The van der Waals surface area contributed by atoms with Crippen molar-refractivity contribution in [2.45, 2.75) is 13.3 Å². The molecule has 0 unspecified atom stereocenters. The summed E-state index contributed by atoms with van der Waals surface area (Å²) in [6.45, 7) is 5.78. The summed E-state index contributed by atoms with van der Waals surface area (Å²) in [5.41, 5.74) is 2.40. The zero-order valence-corrected chi connectivity index (χ0v) is 15.6. The summed E-state index contributed by atoms with van der Waals surface area (Å²) in [4.78, 5) is 16.5. The molecule has 4 nitrogen and oxygen atoms in total. The molecule has 0 atom stereocenters. The predicted molar refractivity (Wildman–Crippen MR) is 104 cm³/mol. The highest BCUT2D eigenvalue weighted by Gasteiger charge is 2.19. The second-order valence-corrected chi connectivity index (χ2v) is 6.97. The Labute approximate surface area is 158 Å². The number of benzene rings is 2. The van der Waals surface area contributed by atoms with Crippen LogP contribution in [0.3, 0.4) is 0 Å². The van der Waals surface area contributed by atoms with Crippen molar-refractivity contribution in [1.82, 2.24) is 4.90 Å². The summed E-state index contributed by atoms with van der Waals surface area (Å²) >= 11 is 5.98. The van der Waals surface area contributed by atoms with Crippen LogP contribution in [0.5, 0.6) is 0 Å². The van der Waals surface area contributed by atoms with Gasteiger partial charge in [-0.15, -0.1) is 0 Å². The number of nitrogens with one attached hydrogen (secondary N) is 1. The first-order valence-electron chi connectivity index (χ1n) is 8.81. The number of nitrogens with zero attached hydrogens (tertiary/aromatic N) is 2. The van der Waals surface area contributed by atoms with Gasteiger partial charge >= 0.3 is 0 Å². The molecule has 0 radical (unpaired) electrons. The fourth-order valence-corrected chi connectivity index (χ4v) is 3.29. The number of rotatable bonds is 5. The number of aryl methyl sites for hydroxylation is 1. The van der Waals surface area contributed by atoms with E-state index in [0.717, 1.165) is 37.4 Å². The minimum Gasteiger partial charge on any atom is -0.367 e. The van der Waals surface area contributed by atoms with Crippen LogP contribution in [-0.4, -0.2) is 43.5 Å². The van der Waals surface area contributed by atoms with Gasteiger partial charge in [-0.3, -0.25) is 9.69 Å². The molecule has 0 aliphatic carbocycles. The van der Waals surface area contributed by atoms with Gasteiger partial charge in [0.2, 0.25) is 5.91 Å². The predicted octanol–water partition coefficient (Wildman–Crippen LogP) is 3.94. The zero-order chi connectivity index (χ0) is 18.5. The van der Waals surface area contributed by atoms with Crippen LogP contribution in [0.2, 0.25) is 5.02 Å². The Hall–Kier alpha value is -2.11. The number of carbonyl (C=O) groups is 1. The highest BCUT2D eigenvalue weighted by Crippen LogP contribution is 2.21. The molecule has 1 fully saturated rings. The molecule has 138 valence electrons. The molecule has 3 rings (SSSR count). The SMILES string of the molecule is Cc1ccc(Cl)cc1NC(=O)CCN1CCN(c2ccccc2F)CC1. The summed E-state index contributed by atoms with van der Waals surface area (Å²) in [5, 5.41) is 3.53. The molecule has 2 aromatic carbocycles. The van der Waals surface area contributed by atoms with Crippen molar-refractivity contribution in [2.24, 2.45) is 0 Å². The smallest absolute Gasteiger partial charge is 0.225 e. The zero-order valence-electron chi connectivity index (χ0n) is 14.8. The Morgan fingerprint density at radius 3 is 2.62 bits per heavy atom. The Morgan fingerprint density at radius 2 is 1.88 bits per heavy atom. The molecule has 0 saturated carbocycles. The third kappa shape index (κ3) is 4.74. The Kier molecular flexibility index (Phi) is 6.12. The number of piperazine rings is 1. The van der Waals surface area contributed by atoms with Gasteiger partial charge in [-0.25, -0.2) is 4.39 Å². The highest BCUT2D eigenvalue weighted by atomic mass is 35.5. The van der Waals surface area contributed by atoms with Crippen LogP contribution in [-0.2, 0) is 4.79 Å². The number of para-hydroxylation sites is 1. The summed E-state index contributed by atoms with van der Waals surface area (Å²) in [6, 6.07) is 12.3. The maximum absolute atomic E-state index is 13.9. The Balaban J connectivity index is 1.46. The first-order chi connectivity index (χ1) is 12.5. The number of anilines is 2. The molecule has 1 N–H and O–H groups in total. The molecule has 6 heteroatoms. The molecule has 26 heavy (non-hydrogen) atoms. The summed E-state index contributed by atoms with van der Waals surface area (Å²) in [6.07, 6.45) is 0.422. The van der Waals surface area contributed by atoms with E-state index in [-0.39, 0.29) is 11.7 Å². The molecule has 0 aromatic heterocycles. The van der Waals surface area contributed by atoms with Crippen LogP contribution >= 0.6 is 11.6 Å². The van der Waals surface area contributed by atoms with E-state index in [0.29, 0.717) is 23.7 Å². The van der Waals surface area contributed by atoms with E-state index in [4.69, 9.17) is 11.6 Å². The lowest BCUT2D eigenvalue weighted by molar-refractivity contribution is -0.116. The standard InChI is InChI=1S/C20H23ClFN3O/c1-15-6-7-16(21)14-18(15)23-20(26)8-9-24-10-12-25(13-11-24)19-5-3-2-4-17(19)22/h2-7,14H,8-13H2,1H3,(H,23,26). The fraction of sp³-hybridized carbons (Fsp3) is 0.350. The fourth-order valence-electron chi connectivity index (χ4n) is 3.12. The quantitative estimate of drug-likeness (QED) is 0.859. The first-order valence-corrected chi connectivity index (χ1v) is 9.18. The van der Waals surface area contributed by atoms with Gasteiger partial charge in [0.25, 0.3) is 0 Å². The minimum atomic E-state index is -0.183. The van der Waals surface area contributed by atoms with E-state index >= 15 is 0 Å². The average molecular weight is 376 g/mol. The lowest BCUT2D eigenvalue weighted by Gasteiger charge is -2.36. The molecule has 0 spiro atoms. The first kappa shape index (κ1) is 18.7. The minimum absolute atomic E-state index is 0.0214. The van der Waals surface area contributed by atoms with Crippen molar-refractivity contribution in [3.8, 4) is 0 Å². The molecule has 1 aliphatic heterocycles. The molecule has 0 bridgehead atoms. The third-order valence-electron chi connectivity index (χ3n) is 4.69. The van der Waals surface area contributed by atoms with E-state index in [2.05, 4.69) is 15.1 Å². The molecular weight excluding hydrogens is 353 g/mol. The van der Waals surface area contributed by atoms with E-state index in [1.807, 2.05) is 31.2 Å². The van der Waals surface area contributed by atoms with Crippen LogP contribution in [0.4, 0.5) is 15.8 Å². The largest absolute Gasteiger partial charge is 0.367 e. The van der Waals surface area contributed by atoms with Crippen LogP contribution in [0.25, 0.3) is 0 Å². The van der Waals surface area contributed by atoms with Crippen LogP contribution in [0.15, 0.2) is 42.5 Å². The van der Waals surface area contributed by atoms with Gasteiger partial charge in [0.05, 0.1) is 5.69 Å². The maximum atomic E-state index is 13.9. The monoisotopic (exact) mass is 375 g/mol. The number of amides is 1. The summed E-state index contributed by atoms with van der Waals surface area (Å²) < 4.78 is 13.9. The van der Waals surface area contributed by atoms with Crippen LogP contribution in [0, 0.1) is 12.7 Å². The molecule has 1 aliphatic rings. The van der Waals surface area contributed by atoms with E-state index in [1.54, 1.807) is 12.1 Å². The van der Waals surface area contributed by atoms with Crippen molar-refractivity contribution in [3.63, 3.8) is 0 Å². The molecule has 1 heterocycles. The number of halogens is 2. The normalized spacial score (nSPS) is 15.1. The van der Waals surface area contributed by atoms with Crippen molar-refractivity contribution < 1.29 is 9.18 Å². The number of hydrogen-bond donors (Lipinski definition) is 1. The van der Waals surface area contributed by atoms with Gasteiger partial charge in [0.1, 0.15) is 5.82 Å². The third-order valence-corrected chi connectivity index (χ3v) is 4.93. The van der Waals surface area contributed by atoms with Gasteiger partial charge in [-0.2, -0.15) is 0 Å². The maximum Gasteiger partial charge on any atom is 0.225 e. The summed E-state index contributed by atoms with van der Waals surface area (Å²) in [7, 11) is 0. The van der Waals surface area contributed by atoms with Crippen molar-refractivity contribution >= 4 is 28.9 Å². The van der Waals surface area contributed by atoms with E-state index < -0.39 is 0 Å². The topological polar surface area (TPSA) is 35.6 Å². The second-order valence-electron chi connectivity index (χ2n) is 6.54. The van der Waals surface area contributed by atoms with Gasteiger partial charge in [0, 0.05) is 49.9 Å². The molecule has 2 aromatic rings. The molecular formula is C20H23ClFN3O. The number of carbonyl (C=O) groups excluding carboxylic acids is 1. The van der Waals surface area contributed by atoms with Gasteiger partial charge in [0.15, 0.2) is 0 Å². The molecule has 1 amide bonds. The second kappa shape index (κ2) is 8.52. The average Bonchev–Trinajstić information content (AvgIpc) is 2.64. The van der Waals surface area contributed by atoms with E-state index in [1.165, 1.54) is 6.07 Å². The number of hydrogen-bond acceptors (Lipinski definition) is 3.